The Balaban J connectivity index is 2.86. The molecule has 0 bridgehead atoms. The van der Waals surface area contributed by atoms with Gasteiger partial charge in [0.25, 0.3) is 0 Å². The molecular formula is C10H17ClN2O. The van der Waals surface area contributed by atoms with Gasteiger partial charge in [-0.2, -0.15) is 5.10 Å². The topological polar surface area (TPSA) is 38.0 Å². The SMILES string of the molecule is CCn1ncc(Cl)c1C(O)CC(C)C. The van der Waals surface area contributed by atoms with Crippen LogP contribution in [0.25, 0.3) is 0 Å². The molecule has 0 aromatic carbocycles. The van der Waals surface area contributed by atoms with Crippen molar-refractivity contribution in [3.05, 3.63) is 16.9 Å². The first-order valence-electron chi connectivity index (χ1n) is 4.95. The van der Waals surface area contributed by atoms with Crippen LogP contribution >= 0.6 is 11.6 Å². The lowest BCUT2D eigenvalue weighted by atomic mass is 10.0. The highest BCUT2D eigenvalue weighted by atomic mass is 35.5. The van der Waals surface area contributed by atoms with Crippen molar-refractivity contribution in [2.24, 2.45) is 5.92 Å². The van der Waals surface area contributed by atoms with E-state index in [1.165, 1.54) is 0 Å². The number of halogens is 1. The molecule has 0 saturated carbocycles. The van der Waals surface area contributed by atoms with Gasteiger partial charge in [0.2, 0.25) is 0 Å². The molecular weight excluding hydrogens is 200 g/mol. The van der Waals surface area contributed by atoms with Crippen LogP contribution in [-0.4, -0.2) is 14.9 Å². The maximum Gasteiger partial charge on any atom is 0.0974 e. The van der Waals surface area contributed by atoms with E-state index >= 15 is 0 Å². The van der Waals surface area contributed by atoms with Crippen LogP contribution in [0.3, 0.4) is 0 Å². The van der Waals surface area contributed by atoms with E-state index in [1.807, 2.05) is 6.92 Å². The molecule has 0 amide bonds. The lowest BCUT2D eigenvalue weighted by molar-refractivity contribution is 0.141. The van der Waals surface area contributed by atoms with Crippen LogP contribution in [0.1, 0.15) is 39.0 Å². The van der Waals surface area contributed by atoms with Crippen molar-refractivity contribution in [3.63, 3.8) is 0 Å². The first-order valence-corrected chi connectivity index (χ1v) is 5.33. The molecule has 0 aliphatic heterocycles. The Morgan fingerprint density at radius 3 is 2.71 bits per heavy atom. The van der Waals surface area contributed by atoms with Crippen LogP contribution in [0.2, 0.25) is 5.02 Å². The first kappa shape index (κ1) is 11.5. The van der Waals surface area contributed by atoms with Crippen LogP contribution < -0.4 is 0 Å². The fraction of sp³-hybridized carbons (Fsp3) is 0.700. The van der Waals surface area contributed by atoms with Gasteiger partial charge in [-0.3, -0.25) is 4.68 Å². The predicted octanol–water partition coefficient (Wildman–Crippen LogP) is 2.64. The zero-order valence-electron chi connectivity index (χ0n) is 8.87. The molecule has 1 unspecified atom stereocenters. The van der Waals surface area contributed by atoms with E-state index < -0.39 is 6.10 Å². The van der Waals surface area contributed by atoms with Gasteiger partial charge in [0.15, 0.2) is 0 Å². The normalized spacial score (nSPS) is 13.6. The Labute approximate surface area is 89.7 Å². The predicted molar refractivity (Wildman–Crippen MR) is 57.3 cm³/mol. The molecule has 4 heteroatoms. The Kier molecular flexibility index (Phi) is 3.96. The van der Waals surface area contributed by atoms with Gasteiger partial charge in [-0.25, -0.2) is 0 Å². The highest BCUT2D eigenvalue weighted by Crippen LogP contribution is 2.27. The number of hydrogen-bond donors (Lipinski definition) is 1. The molecule has 1 N–H and O–H groups in total. The molecule has 0 aliphatic carbocycles. The van der Waals surface area contributed by atoms with E-state index in [2.05, 4.69) is 18.9 Å². The van der Waals surface area contributed by atoms with Crippen LogP contribution in [0.4, 0.5) is 0 Å². The molecule has 1 atom stereocenters. The number of aryl methyl sites for hydroxylation is 1. The van der Waals surface area contributed by atoms with Crippen LogP contribution in [0.15, 0.2) is 6.20 Å². The van der Waals surface area contributed by atoms with Crippen molar-refractivity contribution in [1.82, 2.24) is 9.78 Å². The van der Waals surface area contributed by atoms with E-state index in [-0.39, 0.29) is 0 Å². The van der Waals surface area contributed by atoms with Crippen LogP contribution in [-0.2, 0) is 6.54 Å². The fourth-order valence-corrected chi connectivity index (χ4v) is 1.78. The highest BCUT2D eigenvalue weighted by Gasteiger charge is 2.18. The Morgan fingerprint density at radius 1 is 1.57 bits per heavy atom. The molecule has 0 radical (unpaired) electrons. The average Bonchev–Trinajstić information content (AvgIpc) is 2.45. The largest absolute Gasteiger partial charge is 0.387 e. The Bertz CT molecular complexity index is 296. The molecule has 14 heavy (non-hydrogen) atoms. The van der Waals surface area contributed by atoms with Crippen molar-refractivity contribution < 1.29 is 5.11 Å². The molecule has 0 fully saturated rings. The molecule has 1 aromatic heterocycles. The molecule has 80 valence electrons. The lowest BCUT2D eigenvalue weighted by Crippen LogP contribution is -2.10. The second-order valence-electron chi connectivity index (χ2n) is 3.84. The summed E-state index contributed by atoms with van der Waals surface area (Å²) in [6.45, 7) is 6.86. The summed E-state index contributed by atoms with van der Waals surface area (Å²) in [5, 5.41) is 14.6. The summed E-state index contributed by atoms with van der Waals surface area (Å²) < 4.78 is 1.75. The molecule has 0 saturated heterocycles. The molecule has 3 nitrogen and oxygen atoms in total. The summed E-state index contributed by atoms with van der Waals surface area (Å²) in [5.41, 5.74) is 0.739. The van der Waals surface area contributed by atoms with Gasteiger partial charge in [-0.05, 0) is 19.3 Å². The summed E-state index contributed by atoms with van der Waals surface area (Å²) in [6.07, 6.45) is 1.79. The number of aromatic nitrogens is 2. The zero-order chi connectivity index (χ0) is 10.7. The molecule has 1 heterocycles. The monoisotopic (exact) mass is 216 g/mol. The number of aliphatic hydroxyl groups is 1. The minimum Gasteiger partial charge on any atom is -0.387 e. The maximum atomic E-state index is 9.93. The van der Waals surface area contributed by atoms with Gasteiger partial charge in [-0.1, -0.05) is 25.4 Å². The molecule has 1 aromatic rings. The number of aliphatic hydroxyl groups excluding tert-OH is 1. The van der Waals surface area contributed by atoms with Crippen molar-refractivity contribution in [2.75, 3.05) is 0 Å². The minimum absolute atomic E-state index is 0.446. The average molecular weight is 217 g/mol. The summed E-state index contributed by atoms with van der Waals surface area (Å²) in [7, 11) is 0. The molecule has 1 rings (SSSR count). The second kappa shape index (κ2) is 4.80. The third kappa shape index (κ3) is 2.49. The van der Waals surface area contributed by atoms with Gasteiger partial charge in [0, 0.05) is 6.54 Å². The van der Waals surface area contributed by atoms with Crippen LogP contribution in [0, 0.1) is 5.92 Å². The second-order valence-corrected chi connectivity index (χ2v) is 4.25. The minimum atomic E-state index is -0.509. The van der Waals surface area contributed by atoms with Gasteiger partial charge in [0.05, 0.1) is 23.0 Å². The Morgan fingerprint density at radius 2 is 2.21 bits per heavy atom. The van der Waals surface area contributed by atoms with E-state index in [0.717, 1.165) is 12.2 Å². The van der Waals surface area contributed by atoms with Crippen molar-refractivity contribution in [3.8, 4) is 0 Å². The number of hydrogen-bond acceptors (Lipinski definition) is 2. The smallest absolute Gasteiger partial charge is 0.0974 e. The van der Waals surface area contributed by atoms with E-state index in [4.69, 9.17) is 11.6 Å². The van der Waals surface area contributed by atoms with Gasteiger partial charge in [-0.15, -0.1) is 0 Å². The maximum absolute atomic E-state index is 9.93. The summed E-state index contributed by atoms with van der Waals surface area (Å²) >= 11 is 5.96. The van der Waals surface area contributed by atoms with E-state index in [0.29, 0.717) is 17.4 Å². The number of rotatable bonds is 4. The lowest BCUT2D eigenvalue weighted by Gasteiger charge is -2.14. The van der Waals surface area contributed by atoms with E-state index in [1.54, 1.807) is 10.9 Å². The highest BCUT2D eigenvalue weighted by molar-refractivity contribution is 6.31. The molecule has 0 spiro atoms. The van der Waals surface area contributed by atoms with Crippen molar-refractivity contribution >= 4 is 11.6 Å². The van der Waals surface area contributed by atoms with E-state index in [9.17, 15) is 5.11 Å². The summed E-state index contributed by atoms with van der Waals surface area (Å²) in [4.78, 5) is 0. The third-order valence-electron chi connectivity index (χ3n) is 2.14. The van der Waals surface area contributed by atoms with Crippen molar-refractivity contribution in [2.45, 2.75) is 39.8 Å². The molecule has 0 aliphatic rings. The van der Waals surface area contributed by atoms with Gasteiger partial charge >= 0.3 is 0 Å². The Hall–Kier alpha value is -0.540. The standard InChI is InChI=1S/C10H17ClN2O/c1-4-13-10(8(11)6-12-13)9(14)5-7(2)3/h6-7,9,14H,4-5H2,1-3H3. The summed E-state index contributed by atoms with van der Waals surface area (Å²) in [5.74, 6) is 0.446. The van der Waals surface area contributed by atoms with Gasteiger partial charge < -0.3 is 5.11 Å². The third-order valence-corrected chi connectivity index (χ3v) is 2.43. The quantitative estimate of drug-likeness (QED) is 0.841. The first-order chi connectivity index (χ1) is 6.56. The summed E-state index contributed by atoms with van der Waals surface area (Å²) in [6, 6.07) is 0. The fourth-order valence-electron chi connectivity index (χ4n) is 1.51. The number of nitrogens with zero attached hydrogens (tertiary/aromatic N) is 2. The van der Waals surface area contributed by atoms with Crippen LogP contribution in [0.5, 0.6) is 0 Å². The van der Waals surface area contributed by atoms with Crippen molar-refractivity contribution in [1.29, 1.82) is 0 Å². The zero-order valence-corrected chi connectivity index (χ0v) is 9.62. The van der Waals surface area contributed by atoms with Gasteiger partial charge in [0.1, 0.15) is 0 Å².